The van der Waals surface area contributed by atoms with E-state index in [1.165, 1.54) is 18.2 Å². The van der Waals surface area contributed by atoms with Crippen molar-refractivity contribution in [2.75, 3.05) is 6.54 Å². The molecule has 0 spiro atoms. The molecule has 3 N–H and O–H groups in total. The van der Waals surface area contributed by atoms with Crippen LogP contribution in [0.1, 0.15) is 24.5 Å². The first kappa shape index (κ1) is 18.4. The van der Waals surface area contributed by atoms with Gasteiger partial charge in [0.1, 0.15) is 11.5 Å². The molecule has 1 unspecified atom stereocenters. The molecule has 0 bridgehead atoms. The van der Waals surface area contributed by atoms with Crippen LogP contribution in [-0.4, -0.2) is 39.2 Å². The summed E-state index contributed by atoms with van der Waals surface area (Å²) in [5.41, 5.74) is 4.14. The molecule has 3 rings (SSSR count). The second-order valence-electron chi connectivity index (χ2n) is 6.54. The SMILES string of the molecule is C/C(=N/NC(=O)C1CC(=O)N(Cc2ccccc2)C1)c1cc(O)ccc1O. The maximum absolute atomic E-state index is 12.4. The second kappa shape index (κ2) is 7.90. The molecule has 140 valence electrons. The van der Waals surface area contributed by atoms with Crippen molar-refractivity contribution in [1.29, 1.82) is 0 Å². The summed E-state index contributed by atoms with van der Waals surface area (Å²) in [7, 11) is 0. The van der Waals surface area contributed by atoms with Crippen LogP contribution in [0.3, 0.4) is 0 Å². The number of phenols is 2. The van der Waals surface area contributed by atoms with Crippen molar-refractivity contribution in [3.63, 3.8) is 0 Å². The van der Waals surface area contributed by atoms with Gasteiger partial charge in [0.15, 0.2) is 0 Å². The zero-order valence-electron chi connectivity index (χ0n) is 14.9. The van der Waals surface area contributed by atoms with Gasteiger partial charge in [-0.05, 0) is 30.7 Å². The van der Waals surface area contributed by atoms with E-state index in [9.17, 15) is 19.8 Å². The summed E-state index contributed by atoms with van der Waals surface area (Å²) < 4.78 is 0. The predicted octanol–water partition coefficient (Wildman–Crippen LogP) is 1.99. The van der Waals surface area contributed by atoms with Gasteiger partial charge in [0.25, 0.3) is 0 Å². The molecule has 1 heterocycles. The van der Waals surface area contributed by atoms with Gasteiger partial charge in [0, 0.05) is 25.1 Å². The van der Waals surface area contributed by atoms with E-state index in [2.05, 4.69) is 10.5 Å². The van der Waals surface area contributed by atoms with E-state index in [0.29, 0.717) is 24.4 Å². The zero-order chi connectivity index (χ0) is 19.4. The Morgan fingerprint density at radius 1 is 1.22 bits per heavy atom. The standard InChI is InChI=1S/C20H21N3O4/c1-13(17-10-16(24)7-8-18(17)25)21-22-20(27)15-9-19(26)23(12-15)11-14-5-3-2-4-6-14/h2-8,10,15,24-25H,9,11-12H2,1H3,(H,22,27)/b21-13-. The van der Waals surface area contributed by atoms with Crippen LogP contribution in [0, 0.1) is 5.92 Å². The van der Waals surface area contributed by atoms with Crippen LogP contribution in [0.15, 0.2) is 53.6 Å². The summed E-state index contributed by atoms with van der Waals surface area (Å²) in [6, 6.07) is 13.7. The Morgan fingerprint density at radius 3 is 2.70 bits per heavy atom. The molecule has 0 saturated carbocycles. The van der Waals surface area contributed by atoms with Gasteiger partial charge < -0.3 is 15.1 Å². The Morgan fingerprint density at radius 2 is 1.96 bits per heavy atom. The lowest BCUT2D eigenvalue weighted by Crippen LogP contribution is -2.30. The molecule has 1 saturated heterocycles. The largest absolute Gasteiger partial charge is 0.508 e. The molecule has 2 aromatic rings. The van der Waals surface area contributed by atoms with Crippen LogP contribution in [0.25, 0.3) is 0 Å². The lowest BCUT2D eigenvalue weighted by Gasteiger charge is -2.16. The van der Waals surface area contributed by atoms with Crippen LogP contribution in [0.5, 0.6) is 11.5 Å². The van der Waals surface area contributed by atoms with Crippen LogP contribution in [0.4, 0.5) is 0 Å². The number of amides is 2. The van der Waals surface area contributed by atoms with E-state index in [1.54, 1.807) is 11.8 Å². The Hall–Kier alpha value is -3.35. The molecule has 1 aliphatic rings. The summed E-state index contributed by atoms with van der Waals surface area (Å²) >= 11 is 0. The van der Waals surface area contributed by atoms with E-state index < -0.39 is 5.92 Å². The fraction of sp³-hybridized carbons (Fsp3) is 0.250. The summed E-state index contributed by atoms with van der Waals surface area (Å²) in [6.45, 7) is 2.42. The lowest BCUT2D eigenvalue weighted by molar-refractivity contribution is -0.129. The van der Waals surface area contributed by atoms with Gasteiger partial charge in [-0.2, -0.15) is 5.10 Å². The summed E-state index contributed by atoms with van der Waals surface area (Å²) in [5, 5.41) is 23.3. The smallest absolute Gasteiger partial charge is 0.245 e. The van der Waals surface area contributed by atoms with Crippen LogP contribution >= 0.6 is 0 Å². The minimum atomic E-state index is -0.476. The number of rotatable bonds is 5. The van der Waals surface area contributed by atoms with Gasteiger partial charge in [-0.25, -0.2) is 5.43 Å². The first-order valence-electron chi connectivity index (χ1n) is 8.62. The van der Waals surface area contributed by atoms with E-state index in [4.69, 9.17) is 0 Å². The number of hydrazone groups is 1. The molecule has 7 heteroatoms. The number of benzene rings is 2. The number of carbonyl (C=O) groups is 2. The van der Waals surface area contributed by atoms with Crippen molar-refractivity contribution < 1.29 is 19.8 Å². The molecule has 27 heavy (non-hydrogen) atoms. The molecule has 1 atom stereocenters. The molecule has 0 radical (unpaired) electrons. The summed E-state index contributed by atoms with van der Waals surface area (Å²) in [5.74, 6) is -0.950. The Kier molecular flexibility index (Phi) is 5.40. The molecule has 0 aromatic heterocycles. The number of likely N-dealkylation sites (tertiary alicyclic amines) is 1. The van der Waals surface area contributed by atoms with Gasteiger partial charge in [-0.1, -0.05) is 30.3 Å². The number of nitrogens with one attached hydrogen (secondary N) is 1. The highest BCUT2D eigenvalue weighted by atomic mass is 16.3. The molecule has 2 amide bonds. The number of aromatic hydroxyl groups is 2. The second-order valence-corrected chi connectivity index (χ2v) is 6.54. The third-order valence-corrected chi connectivity index (χ3v) is 4.51. The number of phenolic OH excluding ortho intramolecular Hbond substituents is 2. The van der Waals surface area contributed by atoms with Crippen molar-refractivity contribution >= 4 is 17.5 Å². The van der Waals surface area contributed by atoms with Crippen molar-refractivity contribution in [1.82, 2.24) is 10.3 Å². The Balaban J connectivity index is 1.61. The van der Waals surface area contributed by atoms with Gasteiger partial charge in [-0.3, -0.25) is 9.59 Å². The van der Waals surface area contributed by atoms with E-state index in [-0.39, 0.29) is 29.7 Å². The molecule has 7 nitrogen and oxygen atoms in total. The fourth-order valence-electron chi connectivity index (χ4n) is 3.01. The third kappa shape index (κ3) is 4.44. The van der Waals surface area contributed by atoms with Crippen molar-refractivity contribution in [2.45, 2.75) is 19.9 Å². The van der Waals surface area contributed by atoms with Crippen LogP contribution in [-0.2, 0) is 16.1 Å². The molecule has 2 aromatic carbocycles. The Labute approximate surface area is 156 Å². The van der Waals surface area contributed by atoms with E-state index in [1.807, 2.05) is 30.3 Å². The monoisotopic (exact) mass is 367 g/mol. The van der Waals surface area contributed by atoms with Gasteiger partial charge in [-0.15, -0.1) is 0 Å². The highest BCUT2D eigenvalue weighted by Gasteiger charge is 2.34. The molecule has 0 aliphatic carbocycles. The molecule has 1 aliphatic heterocycles. The average molecular weight is 367 g/mol. The minimum Gasteiger partial charge on any atom is -0.508 e. The topological polar surface area (TPSA) is 102 Å². The van der Waals surface area contributed by atoms with E-state index >= 15 is 0 Å². The van der Waals surface area contributed by atoms with Gasteiger partial charge in [0.2, 0.25) is 11.8 Å². The normalized spacial score (nSPS) is 17.2. The quantitative estimate of drug-likeness (QED) is 0.427. The fourth-order valence-corrected chi connectivity index (χ4v) is 3.01. The number of nitrogens with zero attached hydrogens (tertiary/aromatic N) is 2. The molecular weight excluding hydrogens is 346 g/mol. The van der Waals surface area contributed by atoms with Crippen LogP contribution < -0.4 is 5.43 Å². The van der Waals surface area contributed by atoms with Crippen molar-refractivity contribution in [3.8, 4) is 11.5 Å². The predicted molar refractivity (Wildman–Crippen MR) is 100 cm³/mol. The van der Waals surface area contributed by atoms with Gasteiger partial charge >= 0.3 is 0 Å². The lowest BCUT2D eigenvalue weighted by atomic mass is 10.1. The maximum Gasteiger partial charge on any atom is 0.245 e. The highest BCUT2D eigenvalue weighted by molar-refractivity contribution is 6.02. The average Bonchev–Trinajstić information content (AvgIpc) is 3.03. The van der Waals surface area contributed by atoms with Crippen molar-refractivity contribution in [3.05, 3.63) is 59.7 Å². The third-order valence-electron chi connectivity index (χ3n) is 4.51. The molecule has 1 fully saturated rings. The highest BCUT2D eigenvalue weighted by Crippen LogP contribution is 2.23. The number of hydrogen-bond acceptors (Lipinski definition) is 5. The first-order valence-corrected chi connectivity index (χ1v) is 8.62. The Bertz CT molecular complexity index is 880. The summed E-state index contributed by atoms with van der Waals surface area (Å²) in [4.78, 5) is 26.2. The maximum atomic E-state index is 12.4. The van der Waals surface area contributed by atoms with Crippen molar-refractivity contribution in [2.24, 2.45) is 11.0 Å². The number of hydrogen-bond donors (Lipinski definition) is 3. The number of carbonyl (C=O) groups excluding carboxylic acids is 2. The molecular formula is C20H21N3O4. The summed E-state index contributed by atoms with van der Waals surface area (Å²) in [6.07, 6.45) is 0.143. The van der Waals surface area contributed by atoms with Crippen LogP contribution in [0.2, 0.25) is 0 Å². The minimum absolute atomic E-state index is 0.0124. The zero-order valence-corrected chi connectivity index (χ0v) is 14.9. The first-order chi connectivity index (χ1) is 12.9. The van der Waals surface area contributed by atoms with E-state index in [0.717, 1.165) is 5.56 Å². The van der Waals surface area contributed by atoms with Gasteiger partial charge in [0.05, 0.1) is 11.6 Å².